The van der Waals surface area contributed by atoms with Crippen molar-refractivity contribution in [2.75, 3.05) is 0 Å². The molecule has 5 heteroatoms. The van der Waals surface area contributed by atoms with Crippen molar-refractivity contribution in [2.45, 2.75) is 44.8 Å². The molecule has 0 unspecified atom stereocenters. The van der Waals surface area contributed by atoms with Crippen molar-refractivity contribution in [1.82, 2.24) is 9.55 Å². The van der Waals surface area contributed by atoms with Crippen LogP contribution in [0.25, 0.3) is 11.0 Å². The van der Waals surface area contributed by atoms with Crippen LogP contribution in [0.15, 0.2) is 46.9 Å². The van der Waals surface area contributed by atoms with E-state index in [4.69, 9.17) is 14.5 Å². The predicted molar refractivity (Wildman–Crippen MR) is 107 cm³/mol. The first kappa shape index (κ1) is 17.4. The Balaban J connectivity index is 1.56. The van der Waals surface area contributed by atoms with Crippen LogP contribution in [-0.4, -0.2) is 15.7 Å². The number of fused-ring (bicyclic) bond motifs is 1. The lowest BCUT2D eigenvalue weighted by molar-refractivity contribution is 0.138. The van der Waals surface area contributed by atoms with E-state index in [-0.39, 0.29) is 6.10 Å². The van der Waals surface area contributed by atoms with Gasteiger partial charge >= 0.3 is 0 Å². The molecule has 1 aliphatic carbocycles. The molecule has 0 radical (unpaired) electrons. The molecule has 0 spiro atoms. The minimum Gasteiger partial charge on any atom is -0.489 e. The molecule has 2 aromatic carbocycles. The van der Waals surface area contributed by atoms with Crippen molar-refractivity contribution in [3.8, 4) is 11.8 Å². The summed E-state index contributed by atoms with van der Waals surface area (Å²) in [5, 5.41) is 0. The Labute approximate surface area is 162 Å². The summed E-state index contributed by atoms with van der Waals surface area (Å²) in [6, 6.07) is 14.9. The maximum Gasteiger partial charge on any atom is 0.297 e. The lowest BCUT2D eigenvalue weighted by atomic mass is 9.98. The zero-order chi connectivity index (χ0) is 17.9. The van der Waals surface area contributed by atoms with Crippen molar-refractivity contribution >= 4 is 27.0 Å². The topological polar surface area (TPSA) is 36.3 Å². The van der Waals surface area contributed by atoms with Gasteiger partial charge in [0.2, 0.25) is 0 Å². The van der Waals surface area contributed by atoms with E-state index in [1.807, 2.05) is 41.9 Å². The molecular weight excluding hydrogens is 392 g/mol. The largest absolute Gasteiger partial charge is 0.489 e. The number of hydrogen-bond acceptors (Lipinski definition) is 3. The van der Waals surface area contributed by atoms with E-state index < -0.39 is 0 Å². The minimum atomic E-state index is 0.284. The van der Waals surface area contributed by atoms with E-state index in [2.05, 4.69) is 28.1 Å². The van der Waals surface area contributed by atoms with Gasteiger partial charge in [-0.25, -0.2) is 0 Å². The maximum atomic E-state index is 6.19. The van der Waals surface area contributed by atoms with Crippen LogP contribution in [0.5, 0.6) is 11.8 Å². The average molecular weight is 415 g/mol. The van der Waals surface area contributed by atoms with Gasteiger partial charge in [0.05, 0.1) is 5.52 Å². The number of benzene rings is 2. The minimum absolute atomic E-state index is 0.284. The third-order valence-electron chi connectivity index (χ3n) is 4.95. The van der Waals surface area contributed by atoms with Gasteiger partial charge in [0.15, 0.2) is 0 Å². The number of ether oxygens (including phenoxy) is 2. The van der Waals surface area contributed by atoms with Crippen LogP contribution in [0, 0.1) is 0 Å². The highest BCUT2D eigenvalue weighted by molar-refractivity contribution is 9.10. The predicted octanol–water partition coefficient (Wildman–Crippen LogP) is 5.63. The highest BCUT2D eigenvalue weighted by atomic mass is 79.9. The second-order valence-electron chi connectivity index (χ2n) is 6.88. The number of halogens is 1. The second kappa shape index (κ2) is 7.70. The van der Waals surface area contributed by atoms with Gasteiger partial charge in [-0.05, 0) is 53.2 Å². The van der Waals surface area contributed by atoms with Crippen LogP contribution < -0.4 is 9.47 Å². The Bertz CT molecular complexity index is 886. The van der Waals surface area contributed by atoms with Crippen LogP contribution in [0.4, 0.5) is 0 Å². The van der Waals surface area contributed by atoms with E-state index >= 15 is 0 Å². The van der Waals surface area contributed by atoms with Crippen LogP contribution in [-0.2, 0) is 13.7 Å². The normalized spacial score (nSPS) is 15.3. The summed E-state index contributed by atoms with van der Waals surface area (Å²) in [6.45, 7) is 0.544. The molecule has 0 N–H and O–H groups in total. The maximum absolute atomic E-state index is 6.19. The first-order valence-corrected chi connectivity index (χ1v) is 9.99. The van der Waals surface area contributed by atoms with E-state index in [9.17, 15) is 0 Å². The molecule has 1 heterocycles. The number of rotatable bonds is 5. The monoisotopic (exact) mass is 414 g/mol. The molecular formula is C21H23BrN2O2. The third-order valence-corrected chi connectivity index (χ3v) is 5.55. The van der Waals surface area contributed by atoms with Crippen molar-refractivity contribution in [3.05, 3.63) is 52.5 Å². The average Bonchev–Trinajstić information content (AvgIpc) is 2.98. The molecule has 4 rings (SSSR count). The molecule has 1 fully saturated rings. The van der Waals surface area contributed by atoms with Gasteiger partial charge in [0, 0.05) is 17.6 Å². The summed E-state index contributed by atoms with van der Waals surface area (Å²) in [5.41, 5.74) is 3.06. The fourth-order valence-electron chi connectivity index (χ4n) is 3.46. The third kappa shape index (κ3) is 3.73. The number of aromatic nitrogens is 2. The zero-order valence-corrected chi connectivity index (χ0v) is 16.5. The summed E-state index contributed by atoms with van der Waals surface area (Å²) in [5.74, 6) is 0.820. The number of hydrogen-bond donors (Lipinski definition) is 0. The molecule has 0 saturated heterocycles. The van der Waals surface area contributed by atoms with Gasteiger partial charge in [-0.15, -0.1) is 0 Å². The summed E-state index contributed by atoms with van der Waals surface area (Å²) in [6.07, 6.45) is 6.33. The molecule has 3 aromatic rings. The van der Waals surface area contributed by atoms with Crippen LogP contribution in [0.1, 0.15) is 37.7 Å². The van der Waals surface area contributed by atoms with Gasteiger partial charge in [-0.3, -0.25) is 4.57 Å². The van der Waals surface area contributed by atoms with Gasteiger partial charge in [-0.1, -0.05) is 36.8 Å². The van der Waals surface area contributed by atoms with Gasteiger partial charge in [-0.2, -0.15) is 4.98 Å². The van der Waals surface area contributed by atoms with Crippen molar-refractivity contribution in [1.29, 1.82) is 0 Å². The second-order valence-corrected chi connectivity index (χ2v) is 7.73. The summed E-state index contributed by atoms with van der Waals surface area (Å²) in [4.78, 5) is 4.70. The quantitative estimate of drug-likeness (QED) is 0.542. The number of aryl methyl sites for hydroxylation is 1. The van der Waals surface area contributed by atoms with E-state index in [1.54, 1.807) is 0 Å². The molecule has 1 aromatic heterocycles. The fraction of sp³-hybridized carbons (Fsp3) is 0.381. The zero-order valence-electron chi connectivity index (χ0n) is 15.0. The summed E-state index contributed by atoms with van der Waals surface area (Å²) in [7, 11) is 2.00. The number of imidazole rings is 1. The smallest absolute Gasteiger partial charge is 0.297 e. The molecule has 0 aliphatic heterocycles. The molecule has 1 saturated carbocycles. The molecule has 1 aliphatic rings. The fourth-order valence-corrected chi connectivity index (χ4v) is 3.98. The van der Waals surface area contributed by atoms with Crippen molar-refractivity contribution in [2.24, 2.45) is 7.05 Å². The van der Waals surface area contributed by atoms with Crippen LogP contribution in [0.2, 0.25) is 0 Å². The van der Waals surface area contributed by atoms with Gasteiger partial charge in [0.25, 0.3) is 6.01 Å². The van der Waals surface area contributed by atoms with E-state index in [0.717, 1.165) is 39.7 Å². The molecule has 136 valence electrons. The molecule has 0 bridgehead atoms. The Morgan fingerprint density at radius 3 is 2.65 bits per heavy atom. The van der Waals surface area contributed by atoms with Crippen molar-refractivity contribution < 1.29 is 9.47 Å². The summed E-state index contributed by atoms with van der Waals surface area (Å²) >= 11 is 3.64. The molecule has 0 atom stereocenters. The molecule has 0 amide bonds. The standard InChI is InChI=1S/C21H23BrN2O2/c1-24-19-13-17(25-14-15-8-4-2-5-9-15)12-18(22)20(19)23-21(24)26-16-10-6-3-7-11-16/h2,4-5,8-9,12-13,16H,3,6-7,10-11,14H2,1H3. The number of nitrogens with zero attached hydrogens (tertiary/aromatic N) is 2. The lowest BCUT2D eigenvalue weighted by Crippen LogP contribution is -2.21. The highest BCUT2D eigenvalue weighted by Gasteiger charge is 2.19. The van der Waals surface area contributed by atoms with E-state index in [1.165, 1.54) is 19.3 Å². The van der Waals surface area contributed by atoms with Crippen LogP contribution >= 0.6 is 15.9 Å². The Morgan fingerprint density at radius 2 is 1.88 bits per heavy atom. The lowest BCUT2D eigenvalue weighted by Gasteiger charge is -2.22. The first-order valence-electron chi connectivity index (χ1n) is 9.20. The summed E-state index contributed by atoms with van der Waals surface area (Å²) < 4.78 is 15.1. The SMILES string of the molecule is Cn1c(OC2CCCCC2)nc2c(Br)cc(OCc3ccccc3)cc21. The van der Waals surface area contributed by atoms with Crippen LogP contribution in [0.3, 0.4) is 0 Å². The molecule has 26 heavy (non-hydrogen) atoms. The van der Waals surface area contributed by atoms with E-state index in [0.29, 0.717) is 12.6 Å². The molecule has 4 nitrogen and oxygen atoms in total. The van der Waals surface area contributed by atoms with Crippen molar-refractivity contribution in [3.63, 3.8) is 0 Å². The first-order chi connectivity index (χ1) is 12.7. The Morgan fingerprint density at radius 1 is 1.12 bits per heavy atom. The van der Waals surface area contributed by atoms with Gasteiger partial charge in [0.1, 0.15) is 24.0 Å². The highest BCUT2D eigenvalue weighted by Crippen LogP contribution is 2.33. The Kier molecular flexibility index (Phi) is 5.16. The van der Waals surface area contributed by atoms with Gasteiger partial charge < -0.3 is 9.47 Å². The Hall–Kier alpha value is -2.01.